The minimum absolute atomic E-state index is 0.128. The zero-order chi connectivity index (χ0) is 23.7. The Morgan fingerprint density at radius 2 is 1.71 bits per heavy atom. The van der Waals surface area contributed by atoms with Gasteiger partial charge in [-0.15, -0.1) is 0 Å². The number of aromatic nitrogens is 4. The Morgan fingerprint density at radius 3 is 2.41 bits per heavy atom. The molecular formula is C27H26N4O3. The van der Waals surface area contributed by atoms with E-state index in [2.05, 4.69) is 29.1 Å². The van der Waals surface area contributed by atoms with Crippen molar-refractivity contribution in [3.63, 3.8) is 0 Å². The third kappa shape index (κ3) is 4.12. The Kier molecular flexibility index (Phi) is 5.76. The van der Waals surface area contributed by atoms with Crippen LogP contribution in [0.25, 0.3) is 28.2 Å². The summed E-state index contributed by atoms with van der Waals surface area (Å²) in [6.07, 6.45) is 4.51. The molecule has 0 atom stereocenters. The molecule has 0 saturated carbocycles. The van der Waals surface area contributed by atoms with Gasteiger partial charge in [-0.1, -0.05) is 31.2 Å². The van der Waals surface area contributed by atoms with Crippen molar-refractivity contribution in [1.82, 2.24) is 19.2 Å². The number of aryl methyl sites for hydroxylation is 2. The second-order valence-corrected chi connectivity index (χ2v) is 8.12. The maximum atomic E-state index is 13.2. The molecule has 0 amide bonds. The molecule has 0 spiro atoms. The van der Waals surface area contributed by atoms with Crippen molar-refractivity contribution in [3.8, 4) is 28.5 Å². The number of oxazole rings is 1. The van der Waals surface area contributed by atoms with E-state index in [1.165, 1.54) is 5.56 Å². The molecule has 3 heterocycles. The summed E-state index contributed by atoms with van der Waals surface area (Å²) in [5.41, 5.74) is 4.98. The Bertz CT molecular complexity index is 1490. The molecule has 0 aliphatic rings. The quantitative estimate of drug-likeness (QED) is 0.341. The summed E-state index contributed by atoms with van der Waals surface area (Å²) in [6.45, 7) is 6.87. The minimum Gasteiger partial charge on any atom is -0.494 e. The number of fused-ring (bicyclic) bond motifs is 1. The average molecular weight is 455 g/mol. The summed E-state index contributed by atoms with van der Waals surface area (Å²) in [5.74, 6) is 2.00. The lowest BCUT2D eigenvalue weighted by Crippen LogP contribution is -2.22. The molecule has 0 fully saturated rings. The third-order valence-corrected chi connectivity index (χ3v) is 5.89. The van der Waals surface area contributed by atoms with Gasteiger partial charge in [-0.2, -0.15) is 5.10 Å². The zero-order valence-corrected chi connectivity index (χ0v) is 19.5. The van der Waals surface area contributed by atoms with Gasteiger partial charge in [0.25, 0.3) is 5.56 Å². The molecule has 0 aliphatic carbocycles. The van der Waals surface area contributed by atoms with Crippen LogP contribution in [0.5, 0.6) is 5.75 Å². The van der Waals surface area contributed by atoms with E-state index in [1.54, 1.807) is 21.5 Å². The standard InChI is InChI=1S/C27H26N4O3/c1-4-19-6-8-20(9-7-19)23-16-25-27(32)30(14-15-31(25)29-23)17-24-18(3)34-26(28-24)21-10-12-22(13-11-21)33-5-2/h6-16H,4-5,17H2,1-3H3. The van der Waals surface area contributed by atoms with Crippen molar-refractivity contribution >= 4 is 5.52 Å². The van der Waals surface area contributed by atoms with Gasteiger partial charge in [-0.25, -0.2) is 9.50 Å². The Labute approximate surface area is 197 Å². The maximum absolute atomic E-state index is 13.2. The molecule has 34 heavy (non-hydrogen) atoms. The Hall–Kier alpha value is -4.13. The fourth-order valence-electron chi connectivity index (χ4n) is 3.92. The highest BCUT2D eigenvalue weighted by atomic mass is 16.5. The summed E-state index contributed by atoms with van der Waals surface area (Å²) in [5, 5.41) is 4.59. The van der Waals surface area contributed by atoms with Crippen molar-refractivity contribution in [2.75, 3.05) is 6.61 Å². The number of hydrogen-bond acceptors (Lipinski definition) is 5. The van der Waals surface area contributed by atoms with Crippen LogP contribution in [0, 0.1) is 6.92 Å². The normalized spacial score (nSPS) is 11.3. The van der Waals surface area contributed by atoms with Crippen LogP contribution in [0.15, 0.2) is 76.2 Å². The highest BCUT2D eigenvalue weighted by Crippen LogP contribution is 2.25. The van der Waals surface area contributed by atoms with Crippen LogP contribution in [0.4, 0.5) is 0 Å². The van der Waals surface area contributed by atoms with Gasteiger partial charge in [0.2, 0.25) is 5.89 Å². The number of benzene rings is 2. The number of hydrogen-bond donors (Lipinski definition) is 0. The molecular weight excluding hydrogens is 428 g/mol. The van der Waals surface area contributed by atoms with Crippen LogP contribution in [0.3, 0.4) is 0 Å². The Balaban J connectivity index is 1.42. The minimum atomic E-state index is -0.128. The van der Waals surface area contributed by atoms with Gasteiger partial charge in [-0.3, -0.25) is 4.79 Å². The summed E-state index contributed by atoms with van der Waals surface area (Å²) < 4.78 is 14.7. The van der Waals surface area contributed by atoms with Crippen LogP contribution in [-0.2, 0) is 13.0 Å². The molecule has 5 rings (SSSR count). The average Bonchev–Trinajstić information content (AvgIpc) is 3.46. The van der Waals surface area contributed by atoms with Crippen molar-refractivity contribution in [2.24, 2.45) is 0 Å². The van der Waals surface area contributed by atoms with E-state index >= 15 is 0 Å². The van der Waals surface area contributed by atoms with Crippen molar-refractivity contribution in [2.45, 2.75) is 33.7 Å². The van der Waals surface area contributed by atoms with Gasteiger partial charge < -0.3 is 13.7 Å². The third-order valence-electron chi connectivity index (χ3n) is 5.89. The highest BCUT2D eigenvalue weighted by molar-refractivity contribution is 5.65. The molecule has 5 aromatic rings. The van der Waals surface area contributed by atoms with Gasteiger partial charge >= 0.3 is 0 Å². The topological polar surface area (TPSA) is 74.6 Å². The van der Waals surface area contributed by atoms with E-state index in [0.717, 1.165) is 29.0 Å². The predicted octanol–water partition coefficient (Wildman–Crippen LogP) is 5.14. The molecule has 0 saturated heterocycles. The molecule has 0 unspecified atom stereocenters. The molecule has 0 N–H and O–H groups in total. The summed E-state index contributed by atoms with van der Waals surface area (Å²) >= 11 is 0. The monoisotopic (exact) mass is 454 g/mol. The van der Waals surface area contributed by atoms with Crippen LogP contribution >= 0.6 is 0 Å². The zero-order valence-electron chi connectivity index (χ0n) is 19.5. The lowest BCUT2D eigenvalue weighted by molar-refractivity contribution is 0.340. The van der Waals surface area contributed by atoms with Crippen molar-refractivity contribution in [1.29, 1.82) is 0 Å². The predicted molar refractivity (Wildman–Crippen MR) is 131 cm³/mol. The Morgan fingerprint density at radius 1 is 0.971 bits per heavy atom. The van der Waals surface area contributed by atoms with E-state index in [9.17, 15) is 4.79 Å². The largest absolute Gasteiger partial charge is 0.494 e. The first-order valence-electron chi connectivity index (χ1n) is 11.4. The SMILES string of the molecule is CCOc1ccc(-c2nc(Cn3ccn4nc(-c5ccc(CC)cc5)cc4c3=O)c(C)o2)cc1. The van der Waals surface area contributed by atoms with Crippen LogP contribution in [0.1, 0.15) is 30.9 Å². The summed E-state index contributed by atoms with van der Waals surface area (Å²) in [7, 11) is 0. The van der Waals surface area contributed by atoms with E-state index in [-0.39, 0.29) is 5.56 Å². The molecule has 7 nitrogen and oxygen atoms in total. The molecule has 3 aromatic heterocycles. The lowest BCUT2D eigenvalue weighted by Gasteiger charge is -2.04. The summed E-state index contributed by atoms with van der Waals surface area (Å²) in [4.78, 5) is 17.8. The molecule has 0 bridgehead atoms. The van der Waals surface area contributed by atoms with E-state index in [0.29, 0.717) is 36.0 Å². The number of ether oxygens (including phenoxy) is 1. The maximum Gasteiger partial charge on any atom is 0.276 e. The molecule has 172 valence electrons. The smallest absolute Gasteiger partial charge is 0.276 e. The fraction of sp³-hybridized carbons (Fsp3) is 0.222. The van der Waals surface area contributed by atoms with Gasteiger partial charge in [0.05, 0.1) is 18.8 Å². The molecule has 7 heteroatoms. The van der Waals surface area contributed by atoms with Crippen LogP contribution in [-0.4, -0.2) is 25.8 Å². The van der Waals surface area contributed by atoms with Gasteiger partial charge in [-0.05, 0) is 56.2 Å². The van der Waals surface area contributed by atoms with Gasteiger partial charge in [0.15, 0.2) is 0 Å². The first kappa shape index (κ1) is 21.7. The second-order valence-electron chi connectivity index (χ2n) is 8.12. The first-order chi connectivity index (χ1) is 16.6. The van der Waals surface area contributed by atoms with Gasteiger partial charge in [0.1, 0.15) is 22.7 Å². The van der Waals surface area contributed by atoms with Crippen LogP contribution in [0.2, 0.25) is 0 Å². The highest BCUT2D eigenvalue weighted by Gasteiger charge is 2.15. The second kappa shape index (κ2) is 9.02. The van der Waals surface area contributed by atoms with E-state index in [4.69, 9.17) is 9.15 Å². The summed E-state index contributed by atoms with van der Waals surface area (Å²) in [6, 6.07) is 17.7. The number of rotatable bonds is 7. The molecule has 2 aromatic carbocycles. The first-order valence-corrected chi connectivity index (χ1v) is 11.4. The molecule has 0 aliphatic heterocycles. The van der Waals surface area contributed by atoms with E-state index < -0.39 is 0 Å². The fourth-order valence-corrected chi connectivity index (χ4v) is 3.92. The van der Waals surface area contributed by atoms with Crippen molar-refractivity contribution in [3.05, 3.63) is 94.4 Å². The van der Waals surface area contributed by atoms with Crippen LogP contribution < -0.4 is 10.3 Å². The molecule has 0 radical (unpaired) electrons. The van der Waals surface area contributed by atoms with Crippen molar-refractivity contribution < 1.29 is 9.15 Å². The number of nitrogens with zero attached hydrogens (tertiary/aromatic N) is 4. The lowest BCUT2D eigenvalue weighted by atomic mass is 10.1. The van der Waals surface area contributed by atoms with E-state index in [1.807, 2.05) is 56.3 Å². The van der Waals surface area contributed by atoms with Gasteiger partial charge in [0, 0.05) is 23.5 Å².